The summed E-state index contributed by atoms with van der Waals surface area (Å²) in [5.74, 6) is 0.495. The molecular formula is C19H24N2O2. The number of nitrogens with one attached hydrogen (secondary N) is 1. The standard InChI is InChI=1S/C19H24N2O2/c1-13-12-17(14(2)21(13)16-6-4-3-5-7-16)19(23)20-18(10-11-22)15-8-9-15/h3-7,12,15,18,22H,8-11H2,1-2H3,(H,20,23). The number of hydrogen-bond donors (Lipinski definition) is 2. The summed E-state index contributed by atoms with van der Waals surface area (Å²) >= 11 is 0. The Morgan fingerprint density at radius 2 is 2.00 bits per heavy atom. The molecule has 0 spiro atoms. The molecule has 1 atom stereocenters. The molecule has 4 nitrogen and oxygen atoms in total. The molecule has 1 saturated carbocycles. The second-order valence-corrected chi connectivity index (χ2v) is 6.39. The van der Waals surface area contributed by atoms with Crippen LogP contribution < -0.4 is 5.32 Å². The molecule has 2 N–H and O–H groups in total. The molecule has 0 radical (unpaired) electrons. The highest BCUT2D eigenvalue weighted by atomic mass is 16.3. The van der Waals surface area contributed by atoms with Crippen molar-refractivity contribution in [2.24, 2.45) is 5.92 Å². The molecule has 2 aromatic rings. The zero-order valence-electron chi connectivity index (χ0n) is 13.7. The smallest absolute Gasteiger partial charge is 0.253 e. The van der Waals surface area contributed by atoms with Crippen LogP contribution >= 0.6 is 0 Å². The summed E-state index contributed by atoms with van der Waals surface area (Å²) in [7, 11) is 0. The number of nitrogens with zero attached hydrogens (tertiary/aromatic N) is 1. The Bertz CT molecular complexity index is 687. The van der Waals surface area contributed by atoms with Gasteiger partial charge in [0.2, 0.25) is 0 Å². The van der Waals surface area contributed by atoms with Crippen LogP contribution in [-0.2, 0) is 0 Å². The van der Waals surface area contributed by atoms with Gasteiger partial charge in [0.1, 0.15) is 0 Å². The molecule has 0 saturated heterocycles. The van der Waals surface area contributed by atoms with Crippen LogP contribution in [0, 0.1) is 19.8 Å². The summed E-state index contributed by atoms with van der Waals surface area (Å²) < 4.78 is 2.10. The van der Waals surface area contributed by atoms with Crippen LogP contribution in [0.1, 0.15) is 41.0 Å². The molecule has 1 unspecified atom stereocenters. The molecule has 0 bridgehead atoms. The van der Waals surface area contributed by atoms with Crippen molar-refractivity contribution in [1.29, 1.82) is 0 Å². The van der Waals surface area contributed by atoms with Crippen LogP contribution in [0.3, 0.4) is 0 Å². The van der Waals surface area contributed by atoms with Gasteiger partial charge in [0.25, 0.3) is 5.91 Å². The van der Waals surface area contributed by atoms with E-state index in [0.717, 1.165) is 35.5 Å². The van der Waals surface area contributed by atoms with Crippen molar-refractivity contribution in [3.8, 4) is 5.69 Å². The summed E-state index contributed by atoms with van der Waals surface area (Å²) in [6, 6.07) is 12.1. The average molecular weight is 312 g/mol. The zero-order chi connectivity index (χ0) is 16.4. The van der Waals surface area contributed by atoms with Crippen LogP contribution in [0.2, 0.25) is 0 Å². The van der Waals surface area contributed by atoms with Gasteiger partial charge in [-0.15, -0.1) is 0 Å². The number of para-hydroxylation sites is 1. The lowest BCUT2D eigenvalue weighted by Gasteiger charge is -2.17. The number of carbonyl (C=O) groups is 1. The van der Waals surface area contributed by atoms with Crippen LogP contribution in [-0.4, -0.2) is 28.2 Å². The number of benzene rings is 1. The fraction of sp³-hybridized carbons (Fsp3) is 0.421. The van der Waals surface area contributed by atoms with E-state index in [-0.39, 0.29) is 18.6 Å². The first kappa shape index (κ1) is 15.8. The first-order valence-electron chi connectivity index (χ1n) is 8.28. The summed E-state index contributed by atoms with van der Waals surface area (Å²) in [5.41, 5.74) is 3.78. The van der Waals surface area contributed by atoms with Gasteiger partial charge in [-0.1, -0.05) is 18.2 Å². The van der Waals surface area contributed by atoms with E-state index in [4.69, 9.17) is 0 Å². The van der Waals surface area contributed by atoms with Gasteiger partial charge in [-0.2, -0.15) is 0 Å². The van der Waals surface area contributed by atoms with E-state index in [1.807, 2.05) is 50.2 Å². The number of hydrogen-bond acceptors (Lipinski definition) is 2. The fourth-order valence-corrected chi connectivity index (χ4v) is 3.28. The second-order valence-electron chi connectivity index (χ2n) is 6.39. The average Bonchev–Trinajstić information content (AvgIpc) is 3.33. The molecule has 1 heterocycles. The Kier molecular flexibility index (Phi) is 4.53. The SMILES string of the molecule is Cc1cc(C(=O)NC(CCO)C2CC2)c(C)n1-c1ccccc1. The van der Waals surface area contributed by atoms with E-state index in [1.54, 1.807) is 0 Å². The number of rotatable bonds is 6. The molecule has 0 aliphatic heterocycles. The Morgan fingerprint density at radius 1 is 1.30 bits per heavy atom. The number of aliphatic hydroxyl groups excluding tert-OH is 1. The lowest BCUT2D eigenvalue weighted by Crippen LogP contribution is -2.37. The highest BCUT2D eigenvalue weighted by Crippen LogP contribution is 2.34. The van der Waals surface area contributed by atoms with Crippen LogP contribution in [0.15, 0.2) is 36.4 Å². The minimum absolute atomic E-state index is 0.0365. The topological polar surface area (TPSA) is 54.3 Å². The third-order valence-electron chi connectivity index (χ3n) is 4.64. The summed E-state index contributed by atoms with van der Waals surface area (Å²) in [6.45, 7) is 4.11. The van der Waals surface area contributed by atoms with Crippen molar-refractivity contribution < 1.29 is 9.90 Å². The molecule has 1 aliphatic carbocycles. The first-order chi connectivity index (χ1) is 11.1. The number of aromatic nitrogens is 1. The fourth-order valence-electron chi connectivity index (χ4n) is 3.28. The highest BCUT2D eigenvalue weighted by Gasteiger charge is 2.32. The summed E-state index contributed by atoms with van der Waals surface area (Å²) in [6.07, 6.45) is 2.93. The molecule has 122 valence electrons. The van der Waals surface area contributed by atoms with Crippen molar-refractivity contribution in [3.05, 3.63) is 53.3 Å². The first-order valence-corrected chi connectivity index (χ1v) is 8.28. The minimum Gasteiger partial charge on any atom is -0.396 e. The molecule has 23 heavy (non-hydrogen) atoms. The molecule has 1 fully saturated rings. The Balaban J connectivity index is 1.84. The quantitative estimate of drug-likeness (QED) is 0.861. The van der Waals surface area contributed by atoms with E-state index in [0.29, 0.717) is 12.3 Å². The number of aliphatic hydroxyl groups is 1. The van der Waals surface area contributed by atoms with Crippen molar-refractivity contribution in [2.45, 2.75) is 39.2 Å². The van der Waals surface area contributed by atoms with Gasteiger partial charge in [-0.05, 0) is 57.2 Å². The van der Waals surface area contributed by atoms with E-state index in [2.05, 4.69) is 9.88 Å². The summed E-state index contributed by atoms with van der Waals surface area (Å²) in [5, 5.41) is 12.3. The van der Waals surface area contributed by atoms with E-state index in [9.17, 15) is 9.90 Å². The van der Waals surface area contributed by atoms with Gasteiger partial charge >= 0.3 is 0 Å². The van der Waals surface area contributed by atoms with Gasteiger partial charge < -0.3 is 15.0 Å². The van der Waals surface area contributed by atoms with Crippen molar-refractivity contribution >= 4 is 5.91 Å². The van der Waals surface area contributed by atoms with Crippen LogP contribution in [0.4, 0.5) is 0 Å². The largest absolute Gasteiger partial charge is 0.396 e. The van der Waals surface area contributed by atoms with Crippen molar-refractivity contribution in [1.82, 2.24) is 9.88 Å². The van der Waals surface area contributed by atoms with E-state index >= 15 is 0 Å². The highest BCUT2D eigenvalue weighted by molar-refractivity contribution is 5.96. The third kappa shape index (κ3) is 3.32. The van der Waals surface area contributed by atoms with Gasteiger partial charge in [0, 0.05) is 29.7 Å². The number of carbonyl (C=O) groups excluding carboxylic acids is 1. The van der Waals surface area contributed by atoms with Gasteiger partial charge in [0.15, 0.2) is 0 Å². The predicted molar refractivity (Wildman–Crippen MR) is 90.9 cm³/mol. The number of amides is 1. The lowest BCUT2D eigenvalue weighted by molar-refractivity contribution is 0.0923. The van der Waals surface area contributed by atoms with Crippen molar-refractivity contribution in [3.63, 3.8) is 0 Å². The maximum absolute atomic E-state index is 12.7. The lowest BCUT2D eigenvalue weighted by atomic mass is 10.1. The molecule has 1 amide bonds. The maximum atomic E-state index is 12.7. The summed E-state index contributed by atoms with van der Waals surface area (Å²) in [4.78, 5) is 12.7. The zero-order valence-corrected chi connectivity index (χ0v) is 13.7. The maximum Gasteiger partial charge on any atom is 0.253 e. The van der Waals surface area contributed by atoms with Crippen molar-refractivity contribution in [2.75, 3.05) is 6.61 Å². The number of aryl methyl sites for hydroxylation is 1. The van der Waals surface area contributed by atoms with E-state index < -0.39 is 0 Å². The molecule has 1 aromatic carbocycles. The van der Waals surface area contributed by atoms with Crippen LogP contribution in [0.25, 0.3) is 5.69 Å². The molecule has 1 aromatic heterocycles. The Labute approximate surface area is 137 Å². The van der Waals surface area contributed by atoms with Gasteiger partial charge in [0.05, 0.1) is 5.56 Å². The predicted octanol–water partition coefficient (Wildman–Crippen LogP) is 2.98. The molecule has 1 aliphatic rings. The van der Waals surface area contributed by atoms with Gasteiger partial charge in [-0.25, -0.2) is 0 Å². The normalized spacial score (nSPS) is 15.4. The molecule has 4 heteroatoms. The Hall–Kier alpha value is -2.07. The van der Waals surface area contributed by atoms with Gasteiger partial charge in [-0.3, -0.25) is 4.79 Å². The van der Waals surface area contributed by atoms with Crippen LogP contribution in [0.5, 0.6) is 0 Å². The monoisotopic (exact) mass is 312 g/mol. The second kappa shape index (κ2) is 6.59. The minimum atomic E-state index is -0.0365. The molecular weight excluding hydrogens is 288 g/mol. The Morgan fingerprint density at radius 3 is 2.61 bits per heavy atom. The van der Waals surface area contributed by atoms with E-state index in [1.165, 1.54) is 0 Å². The third-order valence-corrected chi connectivity index (χ3v) is 4.64. The molecule has 3 rings (SSSR count).